The molecule has 0 aliphatic carbocycles. The Labute approximate surface area is 149 Å². The molecule has 0 N–H and O–H groups in total. The number of carbonyl (C=O) groups is 1. The predicted octanol–water partition coefficient (Wildman–Crippen LogP) is 3.29. The van der Waals surface area contributed by atoms with E-state index in [2.05, 4.69) is 23.9 Å². The number of methoxy groups -OCH3 is 2. The number of rotatable bonds is 10. The minimum atomic E-state index is -5.82. The van der Waals surface area contributed by atoms with Gasteiger partial charge in [0.05, 0.1) is 26.1 Å². The van der Waals surface area contributed by atoms with E-state index in [1.54, 1.807) is 0 Å². The lowest BCUT2D eigenvalue weighted by Crippen LogP contribution is -2.24. The summed E-state index contributed by atoms with van der Waals surface area (Å²) in [6.07, 6.45) is 4.92. The predicted molar refractivity (Wildman–Crippen MR) is 88.9 cm³/mol. The van der Waals surface area contributed by atoms with Crippen molar-refractivity contribution in [2.24, 2.45) is 0 Å². The lowest BCUT2D eigenvalue weighted by Gasteiger charge is -2.12. The van der Waals surface area contributed by atoms with Gasteiger partial charge in [-0.05, 0) is 17.7 Å². The van der Waals surface area contributed by atoms with E-state index in [4.69, 9.17) is 9.47 Å². The minimum absolute atomic E-state index is 0.0737. The zero-order valence-corrected chi connectivity index (χ0v) is 14.8. The Morgan fingerprint density at radius 3 is 2.08 bits per heavy atom. The molecule has 0 aromatic rings. The van der Waals surface area contributed by atoms with E-state index in [0.29, 0.717) is 6.29 Å². The van der Waals surface area contributed by atoms with Gasteiger partial charge in [-0.2, -0.15) is 21.6 Å². The molecule has 0 aromatic heterocycles. The number of halogens is 3. The van der Waals surface area contributed by atoms with Crippen LogP contribution in [0.25, 0.3) is 0 Å². The van der Waals surface area contributed by atoms with Crippen molar-refractivity contribution in [1.29, 1.82) is 0 Å². The summed E-state index contributed by atoms with van der Waals surface area (Å²) in [7, 11) is -3.21. The summed E-state index contributed by atoms with van der Waals surface area (Å²) in [5.41, 5.74) is -5.17. The van der Waals surface area contributed by atoms with Crippen LogP contribution >= 0.6 is 0 Å². The molecule has 0 bridgehead atoms. The average Bonchev–Trinajstić information content (AvgIpc) is 2.54. The van der Waals surface area contributed by atoms with E-state index >= 15 is 0 Å². The van der Waals surface area contributed by atoms with Gasteiger partial charge >= 0.3 is 15.6 Å². The number of carbonyl (C=O) groups excluding carboxylic acids is 1. The van der Waals surface area contributed by atoms with Crippen LogP contribution in [-0.2, 0) is 28.6 Å². The first-order valence-electron chi connectivity index (χ1n) is 6.59. The number of alkyl halides is 3. The van der Waals surface area contributed by atoms with Gasteiger partial charge in [0, 0.05) is 5.57 Å². The van der Waals surface area contributed by atoms with Gasteiger partial charge in [0.15, 0.2) is 0 Å². The summed E-state index contributed by atoms with van der Waals surface area (Å²) in [6, 6.07) is 0. The molecule has 0 fully saturated rings. The van der Waals surface area contributed by atoms with E-state index in [9.17, 15) is 26.4 Å². The van der Waals surface area contributed by atoms with Gasteiger partial charge in [0.1, 0.15) is 17.8 Å². The van der Waals surface area contributed by atoms with Crippen molar-refractivity contribution in [3.8, 4) is 0 Å². The molecule has 0 saturated heterocycles. The van der Waals surface area contributed by atoms with Crippen molar-refractivity contribution in [1.82, 2.24) is 0 Å². The highest BCUT2D eigenvalue weighted by Gasteiger charge is 2.48. The molecule has 0 aliphatic rings. The monoisotopic (exact) mass is 394 g/mol. The summed E-state index contributed by atoms with van der Waals surface area (Å²) >= 11 is 0. The molecule has 0 spiro atoms. The van der Waals surface area contributed by atoms with E-state index in [1.807, 2.05) is 0 Å². The average molecular weight is 394 g/mol. The normalized spacial score (nSPS) is 13.3. The molecule has 0 unspecified atom stereocenters. The highest BCUT2D eigenvalue weighted by Crippen LogP contribution is 2.27. The maximum absolute atomic E-state index is 12.2. The Morgan fingerprint density at radius 1 is 1.08 bits per heavy atom. The smallest absolute Gasteiger partial charge is 0.504 e. The first-order valence-corrected chi connectivity index (χ1v) is 8.00. The van der Waals surface area contributed by atoms with Crippen LogP contribution in [-0.4, -0.2) is 34.4 Å². The van der Waals surface area contributed by atoms with Gasteiger partial charge in [0.2, 0.25) is 0 Å². The maximum atomic E-state index is 12.2. The number of hydrogen-bond donors (Lipinski definition) is 0. The zero-order valence-electron chi connectivity index (χ0n) is 14.0. The SMILES string of the molecule is C=C(C=O)/C=C(OC)\C(=C\OC)C(=C)/C=C\C(=C)OS(=O)(=O)C(F)(F)F. The second-order valence-electron chi connectivity index (χ2n) is 4.48. The topological polar surface area (TPSA) is 78.9 Å². The Bertz CT molecular complexity index is 770. The molecule has 144 valence electrons. The fourth-order valence-corrected chi connectivity index (χ4v) is 1.79. The summed E-state index contributed by atoms with van der Waals surface area (Å²) in [5, 5.41) is 0. The van der Waals surface area contributed by atoms with E-state index in [1.165, 1.54) is 26.6 Å². The zero-order chi connectivity index (χ0) is 20.5. The molecule has 0 rings (SSSR count). The third-order valence-corrected chi connectivity index (χ3v) is 3.51. The third kappa shape index (κ3) is 7.01. The second-order valence-corrected chi connectivity index (χ2v) is 6.02. The fourth-order valence-electron chi connectivity index (χ4n) is 1.36. The van der Waals surface area contributed by atoms with Gasteiger partial charge < -0.3 is 13.7 Å². The first kappa shape index (κ1) is 23.2. The number of ether oxygens (including phenoxy) is 2. The molecule has 0 amide bonds. The van der Waals surface area contributed by atoms with E-state index in [-0.39, 0.29) is 22.5 Å². The van der Waals surface area contributed by atoms with Crippen molar-refractivity contribution in [3.63, 3.8) is 0 Å². The first-order chi connectivity index (χ1) is 11.9. The number of allylic oxidation sites excluding steroid dienone is 5. The molecule has 0 radical (unpaired) electrons. The highest BCUT2D eigenvalue weighted by molar-refractivity contribution is 7.87. The van der Waals surface area contributed by atoms with Crippen LogP contribution < -0.4 is 0 Å². The third-order valence-electron chi connectivity index (χ3n) is 2.51. The van der Waals surface area contributed by atoms with Crippen LogP contribution in [0, 0.1) is 0 Å². The van der Waals surface area contributed by atoms with Crippen LogP contribution in [0.15, 0.2) is 72.5 Å². The molecule has 0 heterocycles. The van der Waals surface area contributed by atoms with Crippen molar-refractivity contribution in [2.45, 2.75) is 5.51 Å². The molecule has 10 heteroatoms. The Balaban J connectivity index is 5.48. The number of hydrogen-bond acceptors (Lipinski definition) is 6. The fraction of sp³-hybridized carbons (Fsp3) is 0.188. The largest absolute Gasteiger partial charge is 0.534 e. The van der Waals surface area contributed by atoms with Crippen molar-refractivity contribution in [2.75, 3.05) is 14.2 Å². The van der Waals surface area contributed by atoms with E-state index in [0.717, 1.165) is 12.2 Å². The molecule has 0 atom stereocenters. The summed E-state index contributed by atoms with van der Waals surface area (Å²) < 4.78 is 72.3. The van der Waals surface area contributed by atoms with Crippen LogP contribution in [0.3, 0.4) is 0 Å². The standard InChI is InChI=1S/C16H17F3O6S/c1-11(9-20)8-15(24-5)14(10-23-4)12(2)6-7-13(3)25-26(21,22)16(17,18)19/h6-10H,1-3H2,4-5H3/b7-6-,14-10+,15-8+. The summed E-state index contributed by atoms with van der Waals surface area (Å²) in [5.74, 6) is -0.673. The van der Waals surface area contributed by atoms with Crippen LogP contribution in [0.4, 0.5) is 13.2 Å². The van der Waals surface area contributed by atoms with Gasteiger partial charge in [-0.3, -0.25) is 4.79 Å². The molecule has 0 saturated carbocycles. The minimum Gasteiger partial charge on any atom is -0.504 e. The van der Waals surface area contributed by atoms with Gasteiger partial charge in [0.25, 0.3) is 0 Å². The molecular weight excluding hydrogens is 377 g/mol. The van der Waals surface area contributed by atoms with Gasteiger partial charge in [-0.25, -0.2) is 0 Å². The van der Waals surface area contributed by atoms with Gasteiger partial charge in [-0.15, -0.1) is 0 Å². The number of aldehydes is 1. The molecule has 6 nitrogen and oxygen atoms in total. The lowest BCUT2D eigenvalue weighted by atomic mass is 10.0. The lowest BCUT2D eigenvalue weighted by molar-refractivity contribution is -0.104. The molecule has 26 heavy (non-hydrogen) atoms. The van der Waals surface area contributed by atoms with Crippen molar-refractivity contribution < 1.29 is 40.0 Å². The highest BCUT2D eigenvalue weighted by atomic mass is 32.2. The van der Waals surface area contributed by atoms with Crippen LogP contribution in [0.1, 0.15) is 0 Å². The van der Waals surface area contributed by atoms with Crippen LogP contribution in [0.5, 0.6) is 0 Å². The summed E-state index contributed by atoms with van der Waals surface area (Å²) in [6.45, 7) is 10.2. The molecule has 0 aliphatic heterocycles. The second kappa shape index (κ2) is 9.66. The van der Waals surface area contributed by atoms with Crippen molar-refractivity contribution in [3.05, 3.63) is 72.5 Å². The van der Waals surface area contributed by atoms with E-state index < -0.39 is 21.4 Å². The molecular formula is C16H17F3O6S. The van der Waals surface area contributed by atoms with Crippen LogP contribution in [0.2, 0.25) is 0 Å². The summed E-state index contributed by atoms with van der Waals surface area (Å²) in [4.78, 5) is 10.7. The Hall–Kier alpha value is -2.75. The molecule has 0 aromatic carbocycles. The quantitative estimate of drug-likeness (QED) is 0.141. The Kier molecular flexibility index (Phi) is 8.64. The Morgan fingerprint density at radius 2 is 1.65 bits per heavy atom. The van der Waals surface area contributed by atoms with Crippen molar-refractivity contribution >= 4 is 16.4 Å². The maximum Gasteiger partial charge on any atom is 0.534 e. The van der Waals surface area contributed by atoms with Gasteiger partial charge in [-0.1, -0.05) is 25.8 Å².